The zero-order valence-corrected chi connectivity index (χ0v) is 12.7. The summed E-state index contributed by atoms with van der Waals surface area (Å²) in [5, 5.41) is 3.45. The van der Waals surface area contributed by atoms with Crippen LogP contribution < -0.4 is 14.8 Å². The van der Waals surface area contributed by atoms with Gasteiger partial charge in [0.05, 0.1) is 5.69 Å². The van der Waals surface area contributed by atoms with Crippen LogP contribution in [0.2, 0.25) is 0 Å². The minimum atomic E-state index is 0.218. The van der Waals surface area contributed by atoms with E-state index in [1.807, 2.05) is 30.5 Å². The molecule has 0 amide bonds. The minimum absolute atomic E-state index is 0.218. The van der Waals surface area contributed by atoms with Crippen LogP contribution in [-0.4, -0.2) is 11.8 Å². The average molecular weight is 335 g/mol. The third-order valence-electron chi connectivity index (χ3n) is 3.27. The number of pyridine rings is 1. The Morgan fingerprint density at radius 3 is 2.90 bits per heavy atom. The molecule has 0 saturated heterocycles. The van der Waals surface area contributed by atoms with Crippen LogP contribution in [0.25, 0.3) is 0 Å². The number of hydrogen-bond donors (Lipinski definition) is 1. The fourth-order valence-corrected chi connectivity index (χ4v) is 2.30. The van der Waals surface area contributed by atoms with E-state index in [0.29, 0.717) is 6.79 Å². The number of fused-ring (bicyclic) bond motifs is 1. The topological polar surface area (TPSA) is 43.4 Å². The van der Waals surface area contributed by atoms with Crippen molar-refractivity contribution in [1.82, 2.24) is 10.3 Å². The molecule has 1 atom stereocenters. The average Bonchev–Trinajstić information content (AvgIpc) is 2.93. The summed E-state index contributed by atoms with van der Waals surface area (Å²) in [6, 6.07) is 10.2. The monoisotopic (exact) mass is 334 g/mol. The number of nitrogens with zero attached hydrogens (tertiary/aromatic N) is 1. The molecule has 5 heteroatoms. The van der Waals surface area contributed by atoms with Crippen LogP contribution in [0.4, 0.5) is 0 Å². The smallest absolute Gasteiger partial charge is 0.231 e. The molecule has 0 bridgehead atoms. The molecule has 0 saturated carbocycles. The second-order valence-electron chi connectivity index (χ2n) is 4.68. The summed E-state index contributed by atoms with van der Waals surface area (Å²) in [6.45, 7) is 3.16. The first kappa shape index (κ1) is 13.4. The lowest BCUT2D eigenvalue weighted by molar-refractivity contribution is 0.174. The van der Waals surface area contributed by atoms with Crippen LogP contribution in [0.3, 0.4) is 0 Å². The lowest BCUT2D eigenvalue weighted by atomic mass is 10.1. The summed E-state index contributed by atoms with van der Waals surface area (Å²) in [6.07, 6.45) is 1.81. The molecular formula is C15H15BrN2O2. The SMILES string of the molecule is CC(NCc1ccc(Br)cn1)c1ccc2c(c1)OCO2. The first-order valence-corrected chi connectivity index (χ1v) is 7.25. The van der Waals surface area contributed by atoms with Gasteiger partial charge in [-0.2, -0.15) is 0 Å². The van der Waals surface area contributed by atoms with E-state index in [4.69, 9.17) is 9.47 Å². The lowest BCUT2D eigenvalue weighted by Crippen LogP contribution is -2.18. The van der Waals surface area contributed by atoms with Crippen molar-refractivity contribution < 1.29 is 9.47 Å². The molecule has 20 heavy (non-hydrogen) atoms. The van der Waals surface area contributed by atoms with Gasteiger partial charge in [-0.05, 0) is 52.7 Å². The molecule has 1 aromatic carbocycles. The number of hydrogen-bond acceptors (Lipinski definition) is 4. The Balaban J connectivity index is 1.64. The van der Waals surface area contributed by atoms with Crippen molar-refractivity contribution in [3.8, 4) is 11.5 Å². The van der Waals surface area contributed by atoms with E-state index in [0.717, 1.165) is 28.2 Å². The summed E-state index contributed by atoms with van der Waals surface area (Å²) in [4.78, 5) is 4.35. The minimum Gasteiger partial charge on any atom is -0.454 e. The van der Waals surface area contributed by atoms with E-state index < -0.39 is 0 Å². The van der Waals surface area contributed by atoms with Crippen molar-refractivity contribution in [3.05, 3.63) is 52.3 Å². The molecule has 1 aromatic heterocycles. The second-order valence-corrected chi connectivity index (χ2v) is 5.60. The predicted octanol–water partition coefficient (Wildman–Crippen LogP) is 3.42. The molecule has 1 N–H and O–H groups in total. The van der Waals surface area contributed by atoms with E-state index in [9.17, 15) is 0 Å². The molecule has 4 nitrogen and oxygen atoms in total. The van der Waals surface area contributed by atoms with Crippen molar-refractivity contribution in [3.63, 3.8) is 0 Å². The third kappa shape index (κ3) is 2.94. The Hall–Kier alpha value is -1.59. The predicted molar refractivity (Wildman–Crippen MR) is 79.8 cm³/mol. The Kier molecular flexibility index (Phi) is 3.89. The number of benzene rings is 1. The van der Waals surface area contributed by atoms with Gasteiger partial charge in [0.2, 0.25) is 6.79 Å². The normalized spacial score (nSPS) is 14.3. The van der Waals surface area contributed by atoms with Crippen LogP contribution >= 0.6 is 15.9 Å². The van der Waals surface area contributed by atoms with Crippen molar-refractivity contribution in [2.24, 2.45) is 0 Å². The van der Waals surface area contributed by atoms with Crippen LogP contribution in [0.1, 0.15) is 24.2 Å². The molecule has 2 aromatic rings. The molecule has 0 spiro atoms. The Labute approximate surface area is 126 Å². The van der Waals surface area contributed by atoms with Crippen molar-refractivity contribution in [2.75, 3.05) is 6.79 Å². The van der Waals surface area contributed by atoms with Crippen molar-refractivity contribution in [2.45, 2.75) is 19.5 Å². The Bertz CT molecular complexity index is 601. The van der Waals surface area contributed by atoms with E-state index in [2.05, 4.69) is 39.2 Å². The summed E-state index contributed by atoms with van der Waals surface area (Å²) in [5.74, 6) is 1.63. The van der Waals surface area contributed by atoms with Gasteiger partial charge >= 0.3 is 0 Å². The summed E-state index contributed by atoms with van der Waals surface area (Å²) < 4.78 is 11.7. The second kappa shape index (κ2) is 5.81. The van der Waals surface area contributed by atoms with Gasteiger partial charge in [0.25, 0.3) is 0 Å². The molecule has 0 fully saturated rings. The van der Waals surface area contributed by atoms with Gasteiger partial charge in [-0.3, -0.25) is 4.98 Å². The molecule has 2 heterocycles. The molecule has 104 valence electrons. The van der Waals surface area contributed by atoms with Gasteiger partial charge in [-0.15, -0.1) is 0 Å². The Morgan fingerprint density at radius 1 is 1.25 bits per heavy atom. The number of ether oxygens (including phenoxy) is 2. The molecule has 1 aliphatic rings. The fourth-order valence-electron chi connectivity index (χ4n) is 2.07. The summed E-state index contributed by atoms with van der Waals surface area (Å²) >= 11 is 3.38. The maximum Gasteiger partial charge on any atom is 0.231 e. The standard InChI is InChI=1S/C15H15BrN2O2/c1-10(17-8-13-4-3-12(16)7-18-13)11-2-5-14-15(6-11)20-9-19-14/h2-7,10,17H,8-9H2,1H3. The number of nitrogens with one attached hydrogen (secondary N) is 1. The highest BCUT2D eigenvalue weighted by Gasteiger charge is 2.15. The maximum atomic E-state index is 5.40. The lowest BCUT2D eigenvalue weighted by Gasteiger charge is -2.14. The van der Waals surface area contributed by atoms with Crippen molar-refractivity contribution in [1.29, 1.82) is 0 Å². The van der Waals surface area contributed by atoms with Gasteiger partial charge in [-0.1, -0.05) is 6.07 Å². The molecule has 0 aliphatic carbocycles. The zero-order valence-electron chi connectivity index (χ0n) is 11.1. The largest absolute Gasteiger partial charge is 0.454 e. The summed E-state index contributed by atoms with van der Waals surface area (Å²) in [5.41, 5.74) is 2.19. The first-order valence-electron chi connectivity index (χ1n) is 6.46. The van der Waals surface area contributed by atoms with Gasteiger partial charge in [0.1, 0.15) is 0 Å². The zero-order chi connectivity index (χ0) is 13.9. The number of rotatable bonds is 4. The highest BCUT2D eigenvalue weighted by Crippen LogP contribution is 2.34. The fraction of sp³-hybridized carbons (Fsp3) is 0.267. The van der Waals surface area contributed by atoms with Gasteiger partial charge in [0, 0.05) is 23.3 Å². The van der Waals surface area contributed by atoms with Gasteiger partial charge in [-0.25, -0.2) is 0 Å². The molecule has 3 rings (SSSR count). The Morgan fingerprint density at radius 2 is 2.10 bits per heavy atom. The molecule has 1 aliphatic heterocycles. The molecule has 1 unspecified atom stereocenters. The highest BCUT2D eigenvalue weighted by molar-refractivity contribution is 9.10. The van der Waals surface area contributed by atoms with Crippen LogP contribution in [0, 0.1) is 0 Å². The van der Waals surface area contributed by atoms with Gasteiger partial charge in [0.15, 0.2) is 11.5 Å². The van der Waals surface area contributed by atoms with E-state index >= 15 is 0 Å². The molecular weight excluding hydrogens is 320 g/mol. The number of halogens is 1. The highest BCUT2D eigenvalue weighted by atomic mass is 79.9. The maximum absolute atomic E-state index is 5.40. The quantitative estimate of drug-likeness (QED) is 0.930. The van der Waals surface area contributed by atoms with Gasteiger partial charge < -0.3 is 14.8 Å². The molecule has 0 radical (unpaired) electrons. The van der Waals surface area contributed by atoms with Crippen LogP contribution in [-0.2, 0) is 6.54 Å². The van der Waals surface area contributed by atoms with E-state index in [1.165, 1.54) is 5.56 Å². The van der Waals surface area contributed by atoms with Crippen LogP contribution in [0.15, 0.2) is 41.0 Å². The number of aromatic nitrogens is 1. The first-order chi connectivity index (χ1) is 9.72. The van der Waals surface area contributed by atoms with Crippen LogP contribution in [0.5, 0.6) is 11.5 Å². The third-order valence-corrected chi connectivity index (χ3v) is 3.74. The van der Waals surface area contributed by atoms with Crippen molar-refractivity contribution >= 4 is 15.9 Å². The van der Waals surface area contributed by atoms with E-state index in [-0.39, 0.29) is 6.04 Å². The summed E-state index contributed by atoms with van der Waals surface area (Å²) in [7, 11) is 0. The van der Waals surface area contributed by atoms with E-state index in [1.54, 1.807) is 0 Å².